The predicted molar refractivity (Wildman–Crippen MR) is 119 cm³/mol. The van der Waals surface area contributed by atoms with E-state index in [0.717, 1.165) is 51.9 Å². The van der Waals surface area contributed by atoms with Gasteiger partial charge in [0, 0.05) is 44.0 Å². The number of piperazine rings is 1. The monoisotopic (exact) mass is 401 g/mol. The summed E-state index contributed by atoms with van der Waals surface area (Å²) in [6, 6.07) is 9.84. The Morgan fingerprint density at radius 3 is 2.17 bits per heavy atom. The van der Waals surface area contributed by atoms with Gasteiger partial charge in [0.15, 0.2) is 0 Å². The van der Waals surface area contributed by atoms with Crippen molar-refractivity contribution in [3.63, 3.8) is 0 Å². The third-order valence-electron chi connectivity index (χ3n) is 6.21. The Hall–Kier alpha value is -1.59. The molecule has 29 heavy (non-hydrogen) atoms. The Balaban J connectivity index is 1.46. The Kier molecular flexibility index (Phi) is 7.23. The summed E-state index contributed by atoms with van der Waals surface area (Å²) < 4.78 is 5.56. The van der Waals surface area contributed by atoms with E-state index in [1.54, 1.807) is 0 Å². The molecule has 0 unspecified atom stereocenters. The molecule has 162 valence electrons. The summed E-state index contributed by atoms with van der Waals surface area (Å²) >= 11 is 0. The van der Waals surface area contributed by atoms with E-state index in [-0.39, 0.29) is 11.9 Å². The first-order valence-electron chi connectivity index (χ1n) is 11.2. The second kappa shape index (κ2) is 9.48. The van der Waals surface area contributed by atoms with Crippen molar-refractivity contribution in [2.45, 2.75) is 71.1 Å². The van der Waals surface area contributed by atoms with E-state index in [1.165, 1.54) is 11.3 Å². The average molecular weight is 402 g/mol. The lowest BCUT2D eigenvalue weighted by molar-refractivity contribution is -0.161. The van der Waals surface area contributed by atoms with E-state index in [4.69, 9.17) is 4.74 Å². The summed E-state index contributed by atoms with van der Waals surface area (Å²) in [6.07, 6.45) is 3.91. The molecule has 2 fully saturated rings. The third-order valence-corrected chi connectivity index (χ3v) is 6.21. The van der Waals surface area contributed by atoms with Crippen LogP contribution in [0, 0.1) is 5.92 Å². The highest BCUT2D eigenvalue weighted by molar-refractivity contribution is 5.73. The van der Waals surface area contributed by atoms with Gasteiger partial charge in [-0.3, -0.25) is 4.79 Å². The molecule has 1 aliphatic heterocycles. The minimum atomic E-state index is -0.392. The number of esters is 1. The largest absolute Gasteiger partial charge is 0.460 e. The van der Waals surface area contributed by atoms with Crippen LogP contribution in [0.4, 0.5) is 5.69 Å². The van der Waals surface area contributed by atoms with Crippen molar-refractivity contribution in [2.24, 2.45) is 5.92 Å². The maximum absolute atomic E-state index is 12.3. The van der Waals surface area contributed by atoms with Crippen molar-refractivity contribution in [3.05, 3.63) is 29.8 Å². The van der Waals surface area contributed by atoms with Gasteiger partial charge in [0.2, 0.25) is 0 Å². The molecule has 5 nitrogen and oxygen atoms in total. The van der Waals surface area contributed by atoms with Gasteiger partial charge in [0.05, 0.1) is 5.92 Å². The number of ether oxygens (including phenoxy) is 1. The van der Waals surface area contributed by atoms with Crippen LogP contribution < -0.4 is 10.2 Å². The molecule has 1 saturated heterocycles. The molecular weight excluding hydrogens is 362 g/mol. The highest BCUT2D eigenvalue weighted by atomic mass is 16.6. The van der Waals surface area contributed by atoms with Crippen molar-refractivity contribution in [3.8, 4) is 0 Å². The maximum atomic E-state index is 12.3. The lowest BCUT2D eigenvalue weighted by atomic mass is 9.85. The zero-order valence-corrected chi connectivity index (χ0v) is 18.9. The highest BCUT2D eigenvalue weighted by Crippen LogP contribution is 2.29. The first-order chi connectivity index (χ1) is 13.7. The Morgan fingerprint density at radius 2 is 1.62 bits per heavy atom. The minimum absolute atomic E-state index is 0.0245. The minimum Gasteiger partial charge on any atom is -0.460 e. The van der Waals surface area contributed by atoms with Gasteiger partial charge in [0.1, 0.15) is 5.60 Å². The maximum Gasteiger partial charge on any atom is 0.309 e. The van der Waals surface area contributed by atoms with Gasteiger partial charge in [-0.1, -0.05) is 12.1 Å². The fourth-order valence-electron chi connectivity index (χ4n) is 4.37. The topological polar surface area (TPSA) is 44.8 Å². The van der Waals surface area contributed by atoms with Gasteiger partial charge in [0.25, 0.3) is 0 Å². The molecule has 0 aromatic heterocycles. The molecule has 0 radical (unpaired) electrons. The van der Waals surface area contributed by atoms with E-state index in [2.05, 4.69) is 53.4 Å². The number of hydrogen-bond donors (Lipinski definition) is 1. The molecule has 1 aliphatic carbocycles. The van der Waals surface area contributed by atoms with Crippen molar-refractivity contribution in [1.29, 1.82) is 0 Å². The average Bonchev–Trinajstić information content (AvgIpc) is 2.68. The molecule has 1 aromatic rings. The second-order valence-electron chi connectivity index (χ2n) is 9.85. The van der Waals surface area contributed by atoms with Crippen LogP contribution in [0.1, 0.15) is 65.0 Å². The van der Waals surface area contributed by atoms with Crippen LogP contribution in [0.25, 0.3) is 0 Å². The molecule has 1 N–H and O–H groups in total. The first-order valence-corrected chi connectivity index (χ1v) is 11.2. The number of carbonyl (C=O) groups excluding carboxylic acids is 1. The fraction of sp³-hybridized carbons (Fsp3) is 0.708. The summed E-state index contributed by atoms with van der Waals surface area (Å²) in [7, 11) is 2.19. The number of benzene rings is 1. The van der Waals surface area contributed by atoms with Crippen LogP contribution in [0.5, 0.6) is 0 Å². The van der Waals surface area contributed by atoms with Crippen molar-refractivity contribution >= 4 is 11.7 Å². The summed E-state index contributed by atoms with van der Waals surface area (Å²) in [5.74, 6) is 0.0361. The third kappa shape index (κ3) is 6.45. The molecule has 1 aromatic carbocycles. The predicted octanol–water partition coefficient (Wildman–Crippen LogP) is 3.99. The molecule has 3 rings (SSSR count). The number of likely N-dealkylation sites (N-methyl/N-ethyl adjacent to an activating group) is 1. The van der Waals surface area contributed by atoms with Gasteiger partial charge in [-0.25, -0.2) is 0 Å². The normalized spacial score (nSPS) is 24.9. The molecule has 1 saturated carbocycles. The van der Waals surface area contributed by atoms with Crippen LogP contribution in [-0.2, 0) is 9.53 Å². The van der Waals surface area contributed by atoms with E-state index in [0.29, 0.717) is 12.1 Å². The smallest absolute Gasteiger partial charge is 0.309 e. The fourth-order valence-corrected chi connectivity index (χ4v) is 4.37. The number of anilines is 1. The molecule has 0 bridgehead atoms. The molecule has 2 aliphatic rings. The summed E-state index contributed by atoms with van der Waals surface area (Å²) in [6.45, 7) is 12.5. The van der Waals surface area contributed by atoms with Crippen molar-refractivity contribution in [1.82, 2.24) is 10.2 Å². The molecular formula is C24H39N3O2. The van der Waals surface area contributed by atoms with Gasteiger partial charge in [-0.15, -0.1) is 0 Å². The van der Waals surface area contributed by atoms with Crippen LogP contribution in [0.15, 0.2) is 24.3 Å². The molecule has 0 spiro atoms. The Labute approximate surface area is 176 Å². The standard InChI is InChI=1S/C24H39N3O2/c1-18(19-8-12-22(13-9-19)27-16-14-26(5)15-17-27)25-21-10-6-20(7-11-21)23(28)29-24(2,3)4/h8-9,12-13,18,20-21,25H,6-7,10-11,14-17H2,1-5H3/t18-,20?,21?/m1/s1. The van der Waals surface area contributed by atoms with E-state index in [1.807, 2.05) is 20.8 Å². The number of hydrogen-bond acceptors (Lipinski definition) is 5. The number of carbonyl (C=O) groups is 1. The Bertz CT molecular complexity index is 652. The Morgan fingerprint density at radius 1 is 1.03 bits per heavy atom. The first kappa shape index (κ1) is 22.1. The van der Waals surface area contributed by atoms with Gasteiger partial charge < -0.3 is 19.9 Å². The van der Waals surface area contributed by atoms with E-state index in [9.17, 15) is 4.79 Å². The molecule has 1 atom stereocenters. The van der Waals surface area contributed by atoms with Crippen LogP contribution in [-0.4, -0.2) is 55.7 Å². The quantitative estimate of drug-likeness (QED) is 0.756. The lowest BCUT2D eigenvalue weighted by Gasteiger charge is -2.34. The summed E-state index contributed by atoms with van der Waals surface area (Å²) in [5.41, 5.74) is 2.26. The highest BCUT2D eigenvalue weighted by Gasteiger charge is 2.30. The molecule has 0 amide bonds. The number of nitrogens with one attached hydrogen (secondary N) is 1. The zero-order valence-electron chi connectivity index (χ0n) is 18.9. The van der Waals surface area contributed by atoms with Crippen molar-refractivity contribution < 1.29 is 9.53 Å². The molecule has 1 heterocycles. The van der Waals surface area contributed by atoms with Gasteiger partial charge in [-0.05, 0) is 78.1 Å². The van der Waals surface area contributed by atoms with Gasteiger partial charge in [-0.2, -0.15) is 0 Å². The van der Waals surface area contributed by atoms with E-state index >= 15 is 0 Å². The van der Waals surface area contributed by atoms with Crippen LogP contribution >= 0.6 is 0 Å². The second-order valence-corrected chi connectivity index (χ2v) is 9.85. The van der Waals surface area contributed by atoms with Gasteiger partial charge >= 0.3 is 5.97 Å². The van der Waals surface area contributed by atoms with Crippen LogP contribution in [0.2, 0.25) is 0 Å². The zero-order chi connectivity index (χ0) is 21.0. The van der Waals surface area contributed by atoms with E-state index < -0.39 is 5.60 Å². The molecule has 5 heteroatoms. The van der Waals surface area contributed by atoms with Crippen molar-refractivity contribution in [2.75, 3.05) is 38.1 Å². The lowest BCUT2D eigenvalue weighted by Crippen LogP contribution is -2.44. The SMILES string of the molecule is C[C@@H](NC1CCC(C(=O)OC(C)(C)C)CC1)c1ccc(N2CCN(C)CC2)cc1. The summed E-state index contributed by atoms with van der Waals surface area (Å²) in [4.78, 5) is 17.2. The summed E-state index contributed by atoms with van der Waals surface area (Å²) in [5, 5.41) is 3.78. The van der Waals surface area contributed by atoms with Crippen LogP contribution in [0.3, 0.4) is 0 Å². The number of nitrogens with zero attached hydrogens (tertiary/aromatic N) is 2. The number of rotatable bonds is 5.